The highest BCUT2D eigenvalue weighted by Gasteiger charge is 2.11. The van der Waals surface area contributed by atoms with E-state index in [4.69, 9.17) is 9.15 Å². The summed E-state index contributed by atoms with van der Waals surface area (Å²) in [6, 6.07) is 13.6. The molecule has 1 N–H and O–H groups in total. The van der Waals surface area contributed by atoms with Crippen molar-refractivity contribution < 1.29 is 13.9 Å². The summed E-state index contributed by atoms with van der Waals surface area (Å²) in [5.74, 6) is 0.717. The summed E-state index contributed by atoms with van der Waals surface area (Å²) in [5, 5.41) is 3.90. The van der Waals surface area contributed by atoms with Crippen LogP contribution in [0.3, 0.4) is 0 Å². The minimum Gasteiger partial charge on any atom is -0.497 e. The minimum atomic E-state index is -0.0215. The van der Waals surface area contributed by atoms with Crippen molar-refractivity contribution in [3.8, 4) is 5.75 Å². The molecule has 0 fully saturated rings. The van der Waals surface area contributed by atoms with E-state index >= 15 is 0 Å². The molecule has 0 saturated carbocycles. The number of methoxy groups -OCH3 is 1. The maximum absolute atomic E-state index is 12.2. The molecule has 3 rings (SSSR count). The van der Waals surface area contributed by atoms with E-state index in [-0.39, 0.29) is 5.91 Å². The van der Waals surface area contributed by atoms with Crippen LogP contribution >= 0.6 is 0 Å². The highest BCUT2D eigenvalue weighted by Crippen LogP contribution is 2.25. The third kappa shape index (κ3) is 3.37. The Balaban J connectivity index is 1.67. The van der Waals surface area contributed by atoms with Crippen molar-refractivity contribution in [2.45, 2.75) is 19.9 Å². The van der Waals surface area contributed by atoms with Crippen LogP contribution in [0.5, 0.6) is 5.75 Å². The SMILES string of the molecule is COc1ccc2c(CC(=O)NCc3ccccc3C)coc2c1. The smallest absolute Gasteiger partial charge is 0.224 e. The van der Waals surface area contributed by atoms with Gasteiger partial charge in [-0.25, -0.2) is 0 Å². The van der Waals surface area contributed by atoms with E-state index in [2.05, 4.69) is 5.32 Å². The topological polar surface area (TPSA) is 51.5 Å². The second-order valence-corrected chi connectivity index (χ2v) is 5.50. The maximum atomic E-state index is 12.2. The molecule has 1 aromatic heterocycles. The fourth-order valence-electron chi connectivity index (χ4n) is 2.57. The summed E-state index contributed by atoms with van der Waals surface area (Å²) in [4.78, 5) is 12.2. The Bertz CT molecular complexity index is 836. The Hall–Kier alpha value is -2.75. The van der Waals surface area contributed by atoms with Crippen molar-refractivity contribution in [2.24, 2.45) is 0 Å². The van der Waals surface area contributed by atoms with Gasteiger partial charge in [0.2, 0.25) is 5.91 Å². The van der Waals surface area contributed by atoms with Crippen LogP contribution in [0.15, 0.2) is 53.1 Å². The average Bonchev–Trinajstić information content (AvgIpc) is 2.96. The molecular formula is C19H19NO3. The molecule has 0 atom stereocenters. The van der Waals surface area contributed by atoms with E-state index in [0.29, 0.717) is 13.0 Å². The van der Waals surface area contributed by atoms with Crippen LogP contribution in [0.4, 0.5) is 0 Å². The van der Waals surface area contributed by atoms with Gasteiger partial charge in [0.05, 0.1) is 19.8 Å². The second kappa shape index (κ2) is 6.57. The number of aryl methyl sites for hydroxylation is 1. The predicted molar refractivity (Wildman–Crippen MR) is 89.5 cm³/mol. The highest BCUT2D eigenvalue weighted by molar-refractivity contribution is 5.88. The zero-order valence-electron chi connectivity index (χ0n) is 13.3. The minimum absolute atomic E-state index is 0.0215. The molecule has 4 nitrogen and oxygen atoms in total. The zero-order valence-corrected chi connectivity index (χ0v) is 13.3. The number of benzene rings is 2. The average molecular weight is 309 g/mol. The van der Waals surface area contributed by atoms with Gasteiger partial charge in [0.25, 0.3) is 0 Å². The molecule has 118 valence electrons. The van der Waals surface area contributed by atoms with Crippen LogP contribution in [-0.4, -0.2) is 13.0 Å². The van der Waals surface area contributed by atoms with Gasteiger partial charge >= 0.3 is 0 Å². The van der Waals surface area contributed by atoms with E-state index in [1.807, 2.05) is 49.4 Å². The molecular weight excluding hydrogens is 290 g/mol. The molecule has 0 bridgehead atoms. The third-order valence-electron chi connectivity index (χ3n) is 3.95. The molecule has 0 saturated heterocycles. The van der Waals surface area contributed by atoms with Crippen molar-refractivity contribution >= 4 is 16.9 Å². The molecule has 0 aliphatic rings. The van der Waals surface area contributed by atoms with Crippen molar-refractivity contribution in [3.05, 3.63) is 65.4 Å². The van der Waals surface area contributed by atoms with Gasteiger partial charge in [-0.1, -0.05) is 24.3 Å². The summed E-state index contributed by atoms with van der Waals surface area (Å²) >= 11 is 0. The number of ether oxygens (including phenoxy) is 1. The molecule has 0 radical (unpaired) electrons. The van der Waals surface area contributed by atoms with E-state index in [0.717, 1.165) is 27.8 Å². The van der Waals surface area contributed by atoms with E-state index in [1.165, 1.54) is 5.56 Å². The van der Waals surface area contributed by atoms with Gasteiger partial charge in [-0.3, -0.25) is 4.79 Å². The largest absolute Gasteiger partial charge is 0.497 e. The molecule has 2 aromatic carbocycles. The van der Waals surface area contributed by atoms with Crippen LogP contribution in [0, 0.1) is 6.92 Å². The fourth-order valence-corrected chi connectivity index (χ4v) is 2.57. The number of rotatable bonds is 5. The normalized spacial score (nSPS) is 10.7. The number of hydrogen-bond acceptors (Lipinski definition) is 3. The Morgan fingerprint density at radius 2 is 2.00 bits per heavy atom. The Morgan fingerprint density at radius 1 is 1.17 bits per heavy atom. The summed E-state index contributed by atoms with van der Waals surface area (Å²) in [5.41, 5.74) is 3.91. The van der Waals surface area contributed by atoms with Gasteiger partial charge in [-0.2, -0.15) is 0 Å². The number of hydrogen-bond donors (Lipinski definition) is 1. The molecule has 4 heteroatoms. The first-order valence-corrected chi connectivity index (χ1v) is 7.52. The van der Waals surface area contributed by atoms with Crippen molar-refractivity contribution in [2.75, 3.05) is 7.11 Å². The fraction of sp³-hybridized carbons (Fsp3) is 0.211. The first-order chi connectivity index (χ1) is 11.2. The molecule has 0 aliphatic heterocycles. The van der Waals surface area contributed by atoms with E-state index < -0.39 is 0 Å². The number of carbonyl (C=O) groups excluding carboxylic acids is 1. The molecule has 1 heterocycles. The van der Waals surface area contributed by atoms with Gasteiger partial charge in [0.15, 0.2) is 0 Å². The van der Waals surface area contributed by atoms with E-state index in [1.54, 1.807) is 13.4 Å². The number of nitrogens with one attached hydrogen (secondary N) is 1. The predicted octanol–water partition coefficient (Wildman–Crippen LogP) is 3.61. The standard InChI is InChI=1S/C19H19NO3/c1-13-5-3-4-6-14(13)11-20-19(21)9-15-12-23-18-10-16(22-2)7-8-17(15)18/h3-8,10,12H,9,11H2,1-2H3,(H,20,21). The van der Waals surface area contributed by atoms with Gasteiger partial charge in [0, 0.05) is 23.6 Å². The number of fused-ring (bicyclic) bond motifs is 1. The van der Waals surface area contributed by atoms with Crippen LogP contribution in [-0.2, 0) is 17.8 Å². The van der Waals surface area contributed by atoms with Gasteiger partial charge in [-0.05, 0) is 30.2 Å². The summed E-state index contributed by atoms with van der Waals surface area (Å²) in [6.45, 7) is 2.58. The van der Waals surface area contributed by atoms with Crippen LogP contribution in [0.25, 0.3) is 11.0 Å². The molecule has 1 amide bonds. The first-order valence-electron chi connectivity index (χ1n) is 7.52. The van der Waals surface area contributed by atoms with E-state index in [9.17, 15) is 4.79 Å². The second-order valence-electron chi connectivity index (χ2n) is 5.50. The van der Waals surface area contributed by atoms with Gasteiger partial charge < -0.3 is 14.5 Å². The zero-order chi connectivity index (χ0) is 16.2. The summed E-state index contributed by atoms with van der Waals surface area (Å²) in [7, 11) is 1.62. The molecule has 3 aromatic rings. The molecule has 0 unspecified atom stereocenters. The number of carbonyl (C=O) groups is 1. The van der Waals surface area contributed by atoms with Crippen molar-refractivity contribution in [3.63, 3.8) is 0 Å². The van der Waals surface area contributed by atoms with Crippen LogP contribution in [0.1, 0.15) is 16.7 Å². The monoisotopic (exact) mass is 309 g/mol. The van der Waals surface area contributed by atoms with Crippen LogP contribution < -0.4 is 10.1 Å². The third-order valence-corrected chi connectivity index (χ3v) is 3.95. The number of furan rings is 1. The quantitative estimate of drug-likeness (QED) is 0.783. The van der Waals surface area contributed by atoms with Crippen molar-refractivity contribution in [1.82, 2.24) is 5.32 Å². The Labute approximate surface area is 135 Å². The molecule has 0 aliphatic carbocycles. The Kier molecular flexibility index (Phi) is 4.33. The maximum Gasteiger partial charge on any atom is 0.224 e. The molecule has 0 spiro atoms. The van der Waals surface area contributed by atoms with Crippen molar-refractivity contribution in [1.29, 1.82) is 0 Å². The Morgan fingerprint density at radius 3 is 2.78 bits per heavy atom. The first kappa shape index (κ1) is 15.2. The lowest BCUT2D eigenvalue weighted by atomic mass is 10.1. The summed E-state index contributed by atoms with van der Waals surface area (Å²) < 4.78 is 10.7. The lowest BCUT2D eigenvalue weighted by Crippen LogP contribution is -2.24. The lowest BCUT2D eigenvalue weighted by Gasteiger charge is -2.07. The lowest BCUT2D eigenvalue weighted by molar-refractivity contribution is -0.120. The summed E-state index contributed by atoms with van der Waals surface area (Å²) in [6.07, 6.45) is 1.93. The molecule has 23 heavy (non-hydrogen) atoms. The van der Waals surface area contributed by atoms with Gasteiger partial charge in [0.1, 0.15) is 11.3 Å². The number of amides is 1. The van der Waals surface area contributed by atoms with Crippen LogP contribution in [0.2, 0.25) is 0 Å². The van der Waals surface area contributed by atoms with Gasteiger partial charge in [-0.15, -0.1) is 0 Å². The highest BCUT2D eigenvalue weighted by atomic mass is 16.5.